The molecule has 0 saturated carbocycles. The Hall–Kier alpha value is -1.84. The van der Waals surface area contributed by atoms with Crippen LogP contribution in [0.5, 0.6) is 0 Å². The highest BCUT2D eigenvalue weighted by molar-refractivity contribution is 5.86. The average Bonchev–Trinajstić information content (AvgIpc) is 2.14. The van der Waals surface area contributed by atoms with Gasteiger partial charge >= 0.3 is 5.97 Å². The van der Waals surface area contributed by atoms with E-state index in [1.165, 1.54) is 13.2 Å². The van der Waals surface area contributed by atoms with Gasteiger partial charge in [-0.2, -0.15) is 0 Å². The Morgan fingerprint density at radius 3 is 3.00 bits per heavy atom. The van der Waals surface area contributed by atoms with Crippen LogP contribution in [0.25, 0.3) is 6.08 Å². The number of carbonyl (C=O) groups excluding carboxylic acids is 1. The molecule has 0 bridgehead atoms. The standard InChI is InChI=1S/C9H10N2O2/c1-13-9(12)6-5-7-3-2-4-8(10)11-7/h2-6H,1H3,(H2,10,11). The molecule has 0 aromatic carbocycles. The van der Waals surface area contributed by atoms with E-state index < -0.39 is 5.97 Å². The van der Waals surface area contributed by atoms with E-state index >= 15 is 0 Å². The van der Waals surface area contributed by atoms with Gasteiger partial charge in [0.2, 0.25) is 0 Å². The van der Waals surface area contributed by atoms with Crippen molar-refractivity contribution in [2.45, 2.75) is 0 Å². The largest absolute Gasteiger partial charge is 0.466 e. The van der Waals surface area contributed by atoms with E-state index in [4.69, 9.17) is 5.73 Å². The topological polar surface area (TPSA) is 65.2 Å². The van der Waals surface area contributed by atoms with Gasteiger partial charge in [-0.3, -0.25) is 0 Å². The first-order chi connectivity index (χ1) is 6.22. The third-order valence-electron chi connectivity index (χ3n) is 1.38. The summed E-state index contributed by atoms with van der Waals surface area (Å²) in [4.78, 5) is 14.7. The van der Waals surface area contributed by atoms with Crippen LogP contribution in [-0.4, -0.2) is 18.1 Å². The Labute approximate surface area is 76.0 Å². The van der Waals surface area contributed by atoms with Gasteiger partial charge in [0.15, 0.2) is 0 Å². The Morgan fingerprint density at radius 2 is 2.38 bits per heavy atom. The van der Waals surface area contributed by atoms with Crippen molar-refractivity contribution in [3.63, 3.8) is 0 Å². The molecule has 4 heteroatoms. The number of pyridine rings is 1. The molecule has 0 saturated heterocycles. The van der Waals surface area contributed by atoms with E-state index in [9.17, 15) is 4.79 Å². The monoisotopic (exact) mass is 178 g/mol. The van der Waals surface area contributed by atoms with Crippen molar-refractivity contribution in [2.75, 3.05) is 12.8 Å². The second kappa shape index (κ2) is 4.25. The van der Waals surface area contributed by atoms with Crippen molar-refractivity contribution < 1.29 is 9.53 Å². The van der Waals surface area contributed by atoms with Crippen molar-refractivity contribution in [2.24, 2.45) is 0 Å². The average molecular weight is 178 g/mol. The van der Waals surface area contributed by atoms with Crippen LogP contribution in [0, 0.1) is 0 Å². The molecule has 0 spiro atoms. The number of nitrogen functional groups attached to an aromatic ring is 1. The number of hydrogen-bond donors (Lipinski definition) is 1. The predicted octanol–water partition coefficient (Wildman–Crippen LogP) is 0.850. The fraction of sp³-hybridized carbons (Fsp3) is 0.111. The zero-order chi connectivity index (χ0) is 9.68. The van der Waals surface area contributed by atoms with E-state index in [1.807, 2.05) is 0 Å². The summed E-state index contributed by atoms with van der Waals surface area (Å²) in [6.45, 7) is 0. The number of carbonyl (C=O) groups is 1. The molecular weight excluding hydrogens is 168 g/mol. The molecule has 0 radical (unpaired) electrons. The van der Waals surface area contributed by atoms with Crippen LogP contribution in [0.3, 0.4) is 0 Å². The summed E-state index contributed by atoms with van der Waals surface area (Å²) in [5.74, 6) is 0.0104. The molecule has 1 rings (SSSR count). The zero-order valence-corrected chi connectivity index (χ0v) is 7.23. The van der Waals surface area contributed by atoms with E-state index in [2.05, 4.69) is 9.72 Å². The maximum atomic E-state index is 10.7. The number of nitrogens with zero attached hydrogens (tertiary/aromatic N) is 1. The first kappa shape index (κ1) is 9.25. The lowest BCUT2D eigenvalue weighted by molar-refractivity contribution is -0.134. The number of hydrogen-bond acceptors (Lipinski definition) is 4. The third kappa shape index (κ3) is 2.94. The third-order valence-corrected chi connectivity index (χ3v) is 1.38. The molecule has 0 aliphatic carbocycles. The van der Waals surface area contributed by atoms with Gasteiger partial charge in [0.25, 0.3) is 0 Å². The summed E-state index contributed by atoms with van der Waals surface area (Å²) in [6.07, 6.45) is 2.84. The van der Waals surface area contributed by atoms with Gasteiger partial charge in [0, 0.05) is 6.08 Å². The van der Waals surface area contributed by atoms with Crippen molar-refractivity contribution in [1.82, 2.24) is 4.98 Å². The highest BCUT2D eigenvalue weighted by atomic mass is 16.5. The number of rotatable bonds is 2. The lowest BCUT2D eigenvalue weighted by Gasteiger charge is -1.94. The van der Waals surface area contributed by atoms with E-state index in [1.54, 1.807) is 24.3 Å². The molecule has 4 nitrogen and oxygen atoms in total. The number of aromatic nitrogens is 1. The maximum Gasteiger partial charge on any atom is 0.330 e. The van der Waals surface area contributed by atoms with Crippen LogP contribution in [-0.2, 0) is 9.53 Å². The second-order valence-electron chi connectivity index (χ2n) is 2.34. The quantitative estimate of drug-likeness (QED) is 0.538. The SMILES string of the molecule is COC(=O)C=Cc1cccc(N)n1. The molecule has 1 aromatic heterocycles. The summed E-state index contributed by atoms with van der Waals surface area (Å²) in [7, 11) is 1.32. The summed E-state index contributed by atoms with van der Waals surface area (Å²) >= 11 is 0. The van der Waals surface area contributed by atoms with Crippen LogP contribution in [0.2, 0.25) is 0 Å². The van der Waals surface area contributed by atoms with Gasteiger partial charge in [-0.15, -0.1) is 0 Å². The molecule has 0 amide bonds. The highest BCUT2D eigenvalue weighted by Gasteiger charge is 1.92. The van der Waals surface area contributed by atoms with Crippen LogP contribution < -0.4 is 5.73 Å². The van der Waals surface area contributed by atoms with Gasteiger partial charge in [0.1, 0.15) is 5.82 Å². The van der Waals surface area contributed by atoms with Gasteiger partial charge in [-0.25, -0.2) is 9.78 Å². The molecule has 0 atom stereocenters. The van der Waals surface area contributed by atoms with Crippen molar-refractivity contribution in [1.29, 1.82) is 0 Å². The highest BCUT2D eigenvalue weighted by Crippen LogP contribution is 2.02. The maximum absolute atomic E-state index is 10.7. The normalized spacial score (nSPS) is 10.2. The molecule has 13 heavy (non-hydrogen) atoms. The molecule has 0 unspecified atom stereocenters. The van der Waals surface area contributed by atoms with Gasteiger partial charge in [-0.1, -0.05) is 6.07 Å². The summed E-state index contributed by atoms with van der Waals surface area (Å²) in [5, 5.41) is 0. The minimum atomic E-state index is -0.413. The fourth-order valence-electron chi connectivity index (χ4n) is 0.783. The number of nitrogens with two attached hydrogens (primary N) is 1. The Morgan fingerprint density at radius 1 is 1.62 bits per heavy atom. The Balaban J connectivity index is 2.74. The second-order valence-corrected chi connectivity index (χ2v) is 2.34. The number of esters is 1. The molecule has 2 N–H and O–H groups in total. The minimum absolute atomic E-state index is 0.413. The van der Waals surface area contributed by atoms with Gasteiger partial charge < -0.3 is 10.5 Å². The summed E-state index contributed by atoms with van der Waals surface area (Å²) in [5.41, 5.74) is 6.07. The first-order valence-corrected chi connectivity index (χ1v) is 3.71. The lowest BCUT2D eigenvalue weighted by Crippen LogP contribution is -1.94. The van der Waals surface area contributed by atoms with Crippen LogP contribution in [0.4, 0.5) is 5.82 Å². The number of methoxy groups -OCH3 is 1. The molecule has 0 fully saturated rings. The van der Waals surface area contributed by atoms with Gasteiger partial charge in [-0.05, 0) is 18.2 Å². The van der Waals surface area contributed by atoms with Crippen LogP contribution in [0.15, 0.2) is 24.3 Å². The summed E-state index contributed by atoms with van der Waals surface area (Å²) < 4.78 is 4.42. The molecule has 1 aromatic rings. The van der Waals surface area contributed by atoms with Crippen molar-refractivity contribution in [3.05, 3.63) is 30.0 Å². The predicted molar refractivity (Wildman–Crippen MR) is 49.7 cm³/mol. The van der Waals surface area contributed by atoms with Crippen molar-refractivity contribution in [3.8, 4) is 0 Å². The number of anilines is 1. The van der Waals surface area contributed by atoms with E-state index in [-0.39, 0.29) is 0 Å². The smallest absolute Gasteiger partial charge is 0.330 e. The molecule has 68 valence electrons. The summed E-state index contributed by atoms with van der Waals surface area (Å²) in [6, 6.07) is 5.19. The fourth-order valence-corrected chi connectivity index (χ4v) is 0.783. The molecular formula is C9H10N2O2. The molecule has 0 aliphatic heterocycles. The van der Waals surface area contributed by atoms with Crippen LogP contribution >= 0.6 is 0 Å². The minimum Gasteiger partial charge on any atom is -0.466 e. The lowest BCUT2D eigenvalue weighted by atomic mass is 10.3. The van der Waals surface area contributed by atoms with Crippen LogP contribution in [0.1, 0.15) is 5.69 Å². The first-order valence-electron chi connectivity index (χ1n) is 3.71. The van der Waals surface area contributed by atoms with E-state index in [0.717, 1.165) is 0 Å². The van der Waals surface area contributed by atoms with Gasteiger partial charge in [0.05, 0.1) is 12.8 Å². The van der Waals surface area contributed by atoms with Crippen molar-refractivity contribution >= 4 is 17.9 Å². The Bertz CT molecular complexity index is 334. The zero-order valence-electron chi connectivity index (χ0n) is 7.23. The Kier molecular flexibility index (Phi) is 3.03. The number of ether oxygens (including phenoxy) is 1. The molecule has 1 heterocycles. The molecule has 0 aliphatic rings. The van der Waals surface area contributed by atoms with E-state index in [0.29, 0.717) is 11.5 Å².